The third-order valence-corrected chi connectivity index (χ3v) is 6.43. The maximum atomic E-state index is 6.47. The number of hydrogen-bond acceptors (Lipinski definition) is 3. The van der Waals surface area contributed by atoms with Crippen molar-refractivity contribution in [2.24, 2.45) is 23.0 Å². The van der Waals surface area contributed by atoms with Gasteiger partial charge >= 0.3 is 0 Å². The van der Waals surface area contributed by atoms with Crippen LogP contribution in [0.4, 0.5) is 0 Å². The van der Waals surface area contributed by atoms with Gasteiger partial charge in [-0.3, -0.25) is 4.90 Å². The molecule has 2 aliphatic heterocycles. The molecule has 3 rings (SSSR count). The van der Waals surface area contributed by atoms with Crippen LogP contribution in [-0.4, -0.2) is 54.6 Å². The first-order valence-electron chi connectivity index (χ1n) is 9.15. The molecule has 0 aromatic carbocycles. The molecule has 0 spiro atoms. The number of hydrogen-bond donors (Lipinski definition) is 1. The zero-order chi connectivity index (χ0) is 15.0. The highest BCUT2D eigenvalue weighted by molar-refractivity contribution is 4.92. The van der Waals surface area contributed by atoms with Gasteiger partial charge < -0.3 is 10.6 Å². The van der Waals surface area contributed by atoms with Gasteiger partial charge in [-0.25, -0.2) is 0 Å². The highest BCUT2D eigenvalue weighted by Crippen LogP contribution is 2.40. The molecular formula is C18H35N3. The van der Waals surface area contributed by atoms with Crippen LogP contribution in [0.1, 0.15) is 52.9 Å². The summed E-state index contributed by atoms with van der Waals surface area (Å²) in [4.78, 5) is 5.43. The summed E-state index contributed by atoms with van der Waals surface area (Å²) in [6, 6.07) is 1.28. The van der Waals surface area contributed by atoms with E-state index in [1.807, 2.05) is 0 Å². The van der Waals surface area contributed by atoms with Crippen LogP contribution in [0.15, 0.2) is 0 Å². The van der Waals surface area contributed by atoms with E-state index in [-0.39, 0.29) is 0 Å². The molecule has 1 saturated carbocycles. The summed E-state index contributed by atoms with van der Waals surface area (Å²) in [6.07, 6.45) is 6.73. The molecule has 1 aliphatic carbocycles. The topological polar surface area (TPSA) is 32.5 Å². The molecule has 4 atom stereocenters. The minimum atomic E-state index is 0.435. The first kappa shape index (κ1) is 15.8. The van der Waals surface area contributed by atoms with Crippen LogP contribution in [0.25, 0.3) is 0 Å². The van der Waals surface area contributed by atoms with Crippen molar-refractivity contribution in [1.82, 2.24) is 9.80 Å². The Morgan fingerprint density at radius 2 is 1.86 bits per heavy atom. The SMILES string of the molecule is CC(C)(C)C1CCC(N)C(CN2CCN3CCCC3C2)C1. The van der Waals surface area contributed by atoms with E-state index in [0.29, 0.717) is 11.5 Å². The van der Waals surface area contributed by atoms with E-state index >= 15 is 0 Å². The predicted molar refractivity (Wildman–Crippen MR) is 89.3 cm³/mol. The number of nitrogens with zero attached hydrogens (tertiary/aromatic N) is 2. The van der Waals surface area contributed by atoms with E-state index < -0.39 is 0 Å². The lowest BCUT2D eigenvalue weighted by atomic mass is 9.67. The molecule has 0 radical (unpaired) electrons. The second-order valence-electron chi connectivity index (χ2n) is 8.89. The van der Waals surface area contributed by atoms with Gasteiger partial charge in [0, 0.05) is 38.3 Å². The normalized spacial score (nSPS) is 39.4. The molecular weight excluding hydrogens is 258 g/mol. The van der Waals surface area contributed by atoms with Crippen LogP contribution in [-0.2, 0) is 0 Å². The fraction of sp³-hybridized carbons (Fsp3) is 1.00. The number of fused-ring (bicyclic) bond motifs is 1. The average Bonchev–Trinajstić information content (AvgIpc) is 2.87. The van der Waals surface area contributed by atoms with Gasteiger partial charge in [-0.1, -0.05) is 20.8 Å². The zero-order valence-corrected chi connectivity index (χ0v) is 14.4. The molecule has 0 aromatic rings. The van der Waals surface area contributed by atoms with Crippen molar-refractivity contribution in [3.63, 3.8) is 0 Å². The third-order valence-electron chi connectivity index (χ3n) is 6.43. The van der Waals surface area contributed by atoms with Crippen molar-refractivity contribution in [2.75, 3.05) is 32.7 Å². The third kappa shape index (κ3) is 3.62. The Bertz CT molecular complexity index is 349. The molecule has 3 nitrogen and oxygen atoms in total. The minimum absolute atomic E-state index is 0.435. The minimum Gasteiger partial charge on any atom is -0.327 e. The summed E-state index contributed by atoms with van der Waals surface area (Å²) in [5.74, 6) is 1.57. The molecule has 21 heavy (non-hydrogen) atoms. The van der Waals surface area contributed by atoms with Gasteiger partial charge in [0.25, 0.3) is 0 Å². The Kier molecular flexibility index (Phi) is 4.63. The molecule has 2 N–H and O–H groups in total. The van der Waals surface area contributed by atoms with E-state index in [4.69, 9.17) is 5.73 Å². The fourth-order valence-corrected chi connectivity index (χ4v) is 4.84. The van der Waals surface area contributed by atoms with Crippen molar-refractivity contribution >= 4 is 0 Å². The Hall–Kier alpha value is -0.120. The van der Waals surface area contributed by atoms with Gasteiger partial charge in [0.05, 0.1) is 0 Å². The van der Waals surface area contributed by atoms with Crippen molar-refractivity contribution in [3.05, 3.63) is 0 Å². The number of piperazine rings is 1. The Labute approximate surface area is 131 Å². The lowest BCUT2D eigenvalue weighted by molar-refractivity contribution is 0.0593. The van der Waals surface area contributed by atoms with Crippen LogP contribution >= 0.6 is 0 Å². The largest absolute Gasteiger partial charge is 0.327 e. The summed E-state index contributed by atoms with van der Waals surface area (Å²) in [7, 11) is 0. The Morgan fingerprint density at radius 3 is 2.62 bits per heavy atom. The molecule has 3 heteroatoms. The lowest BCUT2D eigenvalue weighted by Crippen LogP contribution is -2.53. The van der Waals surface area contributed by atoms with Gasteiger partial charge in [-0.15, -0.1) is 0 Å². The number of rotatable bonds is 2. The summed E-state index contributed by atoms with van der Waals surface area (Å²) < 4.78 is 0. The maximum Gasteiger partial charge on any atom is 0.0224 e. The summed E-state index contributed by atoms with van der Waals surface area (Å²) in [5.41, 5.74) is 6.92. The van der Waals surface area contributed by atoms with Crippen molar-refractivity contribution in [2.45, 2.75) is 65.0 Å². The molecule has 0 bridgehead atoms. The molecule has 122 valence electrons. The quantitative estimate of drug-likeness (QED) is 0.849. The van der Waals surface area contributed by atoms with Gasteiger partial charge in [0.1, 0.15) is 0 Å². The van der Waals surface area contributed by atoms with Gasteiger partial charge in [0.15, 0.2) is 0 Å². The van der Waals surface area contributed by atoms with Crippen LogP contribution in [0.2, 0.25) is 0 Å². The van der Waals surface area contributed by atoms with Crippen LogP contribution in [0.3, 0.4) is 0 Å². The standard InChI is InChI=1S/C18H35N3/c1-18(2,3)15-6-7-17(19)14(11-15)12-20-9-10-21-8-4-5-16(21)13-20/h14-17H,4-13,19H2,1-3H3. The molecule has 0 aromatic heterocycles. The molecule has 2 heterocycles. The molecule has 3 aliphatic rings. The van der Waals surface area contributed by atoms with E-state index in [9.17, 15) is 0 Å². The zero-order valence-electron chi connectivity index (χ0n) is 14.4. The van der Waals surface area contributed by atoms with Gasteiger partial charge in [0.2, 0.25) is 0 Å². The van der Waals surface area contributed by atoms with Crippen molar-refractivity contribution < 1.29 is 0 Å². The highest BCUT2D eigenvalue weighted by Gasteiger charge is 2.37. The molecule has 0 amide bonds. The predicted octanol–water partition coefficient (Wildman–Crippen LogP) is 2.56. The molecule has 2 saturated heterocycles. The Balaban J connectivity index is 1.55. The van der Waals surface area contributed by atoms with Crippen LogP contribution in [0, 0.1) is 17.3 Å². The van der Waals surface area contributed by atoms with E-state index in [2.05, 4.69) is 30.6 Å². The van der Waals surface area contributed by atoms with Crippen molar-refractivity contribution in [3.8, 4) is 0 Å². The summed E-state index contributed by atoms with van der Waals surface area (Å²) in [6.45, 7) is 13.7. The second-order valence-corrected chi connectivity index (χ2v) is 8.89. The van der Waals surface area contributed by atoms with Crippen molar-refractivity contribution in [1.29, 1.82) is 0 Å². The molecule has 4 unspecified atom stereocenters. The average molecular weight is 293 g/mol. The monoisotopic (exact) mass is 293 g/mol. The summed E-state index contributed by atoms with van der Waals surface area (Å²) in [5, 5.41) is 0. The van der Waals surface area contributed by atoms with E-state index in [1.165, 1.54) is 64.8 Å². The first-order valence-corrected chi connectivity index (χ1v) is 9.15. The second kappa shape index (κ2) is 6.17. The van der Waals surface area contributed by atoms with Crippen LogP contribution in [0.5, 0.6) is 0 Å². The number of nitrogens with two attached hydrogens (primary N) is 1. The maximum absolute atomic E-state index is 6.47. The first-order chi connectivity index (χ1) is 9.93. The Morgan fingerprint density at radius 1 is 1.05 bits per heavy atom. The van der Waals surface area contributed by atoms with Gasteiger partial charge in [-0.05, 0) is 55.9 Å². The summed E-state index contributed by atoms with van der Waals surface area (Å²) >= 11 is 0. The highest BCUT2D eigenvalue weighted by atomic mass is 15.3. The lowest BCUT2D eigenvalue weighted by Gasteiger charge is -2.44. The fourth-order valence-electron chi connectivity index (χ4n) is 4.84. The van der Waals surface area contributed by atoms with E-state index in [0.717, 1.165) is 17.9 Å². The van der Waals surface area contributed by atoms with Gasteiger partial charge in [-0.2, -0.15) is 0 Å². The smallest absolute Gasteiger partial charge is 0.0224 e. The van der Waals surface area contributed by atoms with E-state index in [1.54, 1.807) is 0 Å². The molecule has 3 fully saturated rings. The van der Waals surface area contributed by atoms with Crippen LogP contribution < -0.4 is 5.73 Å².